The topological polar surface area (TPSA) is 58.6 Å². The Bertz CT molecular complexity index is 913. The second-order valence-electron chi connectivity index (χ2n) is 7.77. The van der Waals surface area contributed by atoms with Crippen molar-refractivity contribution in [3.63, 3.8) is 0 Å². The minimum Gasteiger partial charge on any atom is -0.483 e. The Kier molecular flexibility index (Phi) is 9.20. The lowest BCUT2D eigenvalue weighted by molar-refractivity contribution is -0.142. The SMILES string of the molecule is CCC(C)NC(=O)C(C)N(Cc1c(Cl)cccc1Cl)C(=O)COc1ccc(C)cc1C. The molecule has 2 aromatic rings. The molecule has 0 radical (unpaired) electrons. The van der Waals surface area contributed by atoms with Gasteiger partial charge in [-0.15, -0.1) is 0 Å². The van der Waals surface area contributed by atoms with E-state index in [0.29, 0.717) is 21.4 Å². The average molecular weight is 465 g/mol. The van der Waals surface area contributed by atoms with Gasteiger partial charge in [-0.3, -0.25) is 9.59 Å². The number of hydrogen-bond donors (Lipinski definition) is 1. The number of ether oxygens (including phenoxy) is 1. The van der Waals surface area contributed by atoms with Crippen molar-refractivity contribution in [3.8, 4) is 5.75 Å². The number of halogens is 2. The Labute approximate surface area is 194 Å². The van der Waals surface area contributed by atoms with Crippen molar-refractivity contribution in [2.24, 2.45) is 0 Å². The maximum atomic E-state index is 13.2. The van der Waals surface area contributed by atoms with E-state index < -0.39 is 6.04 Å². The molecule has 0 heterocycles. The summed E-state index contributed by atoms with van der Waals surface area (Å²) in [5, 5.41) is 3.81. The number of rotatable bonds is 9. The maximum Gasteiger partial charge on any atom is 0.261 e. The third kappa shape index (κ3) is 6.88. The van der Waals surface area contributed by atoms with E-state index in [1.54, 1.807) is 25.1 Å². The summed E-state index contributed by atoms with van der Waals surface area (Å²) >= 11 is 12.6. The summed E-state index contributed by atoms with van der Waals surface area (Å²) in [5.74, 6) is 0.0616. The number of amides is 2. The van der Waals surface area contributed by atoms with Crippen LogP contribution in [0.1, 0.15) is 43.9 Å². The average Bonchev–Trinajstić information content (AvgIpc) is 2.72. The van der Waals surface area contributed by atoms with Crippen LogP contribution in [0.2, 0.25) is 10.0 Å². The summed E-state index contributed by atoms with van der Waals surface area (Å²) in [6.45, 7) is 9.42. The highest BCUT2D eigenvalue weighted by Gasteiger charge is 2.28. The molecular formula is C24H30Cl2N2O3. The molecule has 0 aliphatic rings. The first kappa shape index (κ1) is 25.0. The van der Waals surface area contributed by atoms with E-state index >= 15 is 0 Å². The van der Waals surface area contributed by atoms with Crippen molar-refractivity contribution in [2.75, 3.05) is 6.61 Å². The molecule has 0 aliphatic heterocycles. The van der Waals surface area contributed by atoms with Gasteiger partial charge in [0.15, 0.2) is 6.61 Å². The first-order valence-electron chi connectivity index (χ1n) is 10.4. The lowest BCUT2D eigenvalue weighted by atomic mass is 10.1. The van der Waals surface area contributed by atoms with Gasteiger partial charge in [-0.2, -0.15) is 0 Å². The predicted octanol–water partition coefficient (Wildman–Crippen LogP) is 5.32. The van der Waals surface area contributed by atoms with Gasteiger partial charge < -0.3 is 15.0 Å². The van der Waals surface area contributed by atoms with Gasteiger partial charge in [-0.05, 0) is 57.9 Å². The van der Waals surface area contributed by atoms with E-state index in [1.165, 1.54) is 4.90 Å². The number of aryl methyl sites for hydroxylation is 2. The molecule has 0 fully saturated rings. The van der Waals surface area contributed by atoms with Crippen molar-refractivity contribution >= 4 is 35.0 Å². The van der Waals surface area contributed by atoms with E-state index in [2.05, 4.69) is 5.32 Å². The molecule has 31 heavy (non-hydrogen) atoms. The van der Waals surface area contributed by atoms with Crippen molar-refractivity contribution in [1.29, 1.82) is 0 Å². The highest BCUT2D eigenvalue weighted by atomic mass is 35.5. The summed E-state index contributed by atoms with van der Waals surface area (Å²) in [6, 6.07) is 10.2. The third-order valence-corrected chi connectivity index (χ3v) is 5.95. The molecule has 5 nitrogen and oxygen atoms in total. The lowest BCUT2D eigenvalue weighted by Gasteiger charge is -2.30. The van der Waals surface area contributed by atoms with E-state index in [0.717, 1.165) is 17.5 Å². The normalized spacial score (nSPS) is 12.7. The second kappa shape index (κ2) is 11.4. The van der Waals surface area contributed by atoms with E-state index in [-0.39, 0.29) is 31.0 Å². The monoisotopic (exact) mass is 464 g/mol. The van der Waals surface area contributed by atoms with Crippen LogP contribution in [0, 0.1) is 13.8 Å². The molecule has 0 bridgehead atoms. The lowest BCUT2D eigenvalue weighted by Crippen LogP contribution is -2.50. The summed E-state index contributed by atoms with van der Waals surface area (Å²) < 4.78 is 5.78. The highest BCUT2D eigenvalue weighted by Crippen LogP contribution is 2.27. The molecule has 2 atom stereocenters. The molecule has 0 saturated heterocycles. The Morgan fingerprint density at radius 1 is 1.10 bits per heavy atom. The molecule has 0 spiro atoms. The van der Waals surface area contributed by atoms with Crippen LogP contribution >= 0.6 is 23.2 Å². The number of nitrogens with one attached hydrogen (secondary N) is 1. The van der Waals surface area contributed by atoms with Gasteiger partial charge in [-0.1, -0.05) is 53.9 Å². The fraction of sp³-hybridized carbons (Fsp3) is 0.417. The van der Waals surface area contributed by atoms with Gasteiger partial charge in [0.2, 0.25) is 5.91 Å². The van der Waals surface area contributed by atoms with Crippen LogP contribution in [0.5, 0.6) is 5.75 Å². The fourth-order valence-electron chi connectivity index (χ4n) is 3.09. The minimum atomic E-state index is -0.725. The smallest absolute Gasteiger partial charge is 0.261 e. The largest absolute Gasteiger partial charge is 0.483 e. The zero-order valence-electron chi connectivity index (χ0n) is 18.7. The first-order chi connectivity index (χ1) is 14.6. The summed E-state index contributed by atoms with van der Waals surface area (Å²) in [4.78, 5) is 27.4. The fourth-order valence-corrected chi connectivity index (χ4v) is 3.60. The maximum absolute atomic E-state index is 13.2. The second-order valence-corrected chi connectivity index (χ2v) is 8.59. The molecule has 0 saturated carbocycles. The number of carbonyl (C=O) groups is 2. The van der Waals surface area contributed by atoms with Gasteiger partial charge in [-0.25, -0.2) is 0 Å². The molecule has 1 N–H and O–H groups in total. The zero-order chi connectivity index (χ0) is 23.1. The first-order valence-corrected chi connectivity index (χ1v) is 11.1. The van der Waals surface area contributed by atoms with E-state index in [4.69, 9.17) is 27.9 Å². The number of hydrogen-bond acceptors (Lipinski definition) is 3. The van der Waals surface area contributed by atoms with E-state index in [9.17, 15) is 9.59 Å². The van der Waals surface area contributed by atoms with E-state index in [1.807, 2.05) is 45.9 Å². The van der Waals surface area contributed by atoms with Gasteiger partial charge >= 0.3 is 0 Å². The Hall–Kier alpha value is -2.24. The molecule has 0 aromatic heterocycles. The Morgan fingerprint density at radius 3 is 2.32 bits per heavy atom. The van der Waals surface area contributed by atoms with Crippen molar-refractivity contribution < 1.29 is 14.3 Å². The van der Waals surface area contributed by atoms with Crippen LogP contribution in [0.25, 0.3) is 0 Å². The minimum absolute atomic E-state index is 0.00209. The molecule has 2 rings (SSSR count). The molecule has 2 aromatic carbocycles. The van der Waals surface area contributed by atoms with Crippen LogP contribution in [-0.2, 0) is 16.1 Å². The molecule has 2 unspecified atom stereocenters. The molecule has 168 valence electrons. The summed E-state index contributed by atoms with van der Waals surface area (Å²) in [5.41, 5.74) is 2.64. The number of benzene rings is 2. The van der Waals surface area contributed by atoms with Gasteiger partial charge in [0.05, 0.1) is 0 Å². The van der Waals surface area contributed by atoms with Crippen LogP contribution < -0.4 is 10.1 Å². The van der Waals surface area contributed by atoms with Crippen molar-refractivity contribution in [2.45, 2.75) is 59.7 Å². The highest BCUT2D eigenvalue weighted by molar-refractivity contribution is 6.36. The molecular weight excluding hydrogens is 435 g/mol. The number of carbonyl (C=O) groups excluding carboxylic acids is 2. The molecule has 0 aliphatic carbocycles. The number of nitrogens with zero attached hydrogens (tertiary/aromatic N) is 1. The summed E-state index contributed by atoms with van der Waals surface area (Å²) in [7, 11) is 0. The van der Waals surface area contributed by atoms with Crippen LogP contribution in [0.3, 0.4) is 0 Å². The van der Waals surface area contributed by atoms with Gasteiger partial charge in [0.25, 0.3) is 5.91 Å². The summed E-state index contributed by atoms with van der Waals surface area (Å²) in [6.07, 6.45) is 0.790. The van der Waals surface area contributed by atoms with Crippen LogP contribution in [0.4, 0.5) is 0 Å². The van der Waals surface area contributed by atoms with Gasteiger partial charge in [0, 0.05) is 28.2 Å². The zero-order valence-corrected chi connectivity index (χ0v) is 20.2. The van der Waals surface area contributed by atoms with Crippen molar-refractivity contribution in [1.82, 2.24) is 10.2 Å². The molecule has 7 heteroatoms. The third-order valence-electron chi connectivity index (χ3n) is 5.24. The van der Waals surface area contributed by atoms with Gasteiger partial charge in [0.1, 0.15) is 11.8 Å². The predicted molar refractivity (Wildman–Crippen MR) is 126 cm³/mol. The Balaban J connectivity index is 2.24. The van der Waals surface area contributed by atoms with Crippen LogP contribution in [0.15, 0.2) is 36.4 Å². The van der Waals surface area contributed by atoms with Crippen molar-refractivity contribution in [3.05, 3.63) is 63.1 Å². The van der Waals surface area contributed by atoms with Crippen LogP contribution in [-0.4, -0.2) is 35.4 Å². The standard InChI is InChI=1S/C24H30Cl2N2O3/c1-6-17(4)27-24(30)18(5)28(13-19-20(25)8-7-9-21(19)26)23(29)14-31-22-11-10-15(2)12-16(22)3/h7-12,17-18H,6,13-14H2,1-5H3,(H,27,30). The Morgan fingerprint density at radius 2 is 1.74 bits per heavy atom. The molecule has 2 amide bonds. The quantitative estimate of drug-likeness (QED) is 0.545.